The molecule has 0 amide bonds. The van der Waals surface area contributed by atoms with Crippen molar-refractivity contribution in [3.63, 3.8) is 0 Å². The minimum atomic E-state index is -0.276. The molecule has 96 valence electrons. The number of nitrogens with zero attached hydrogens (tertiary/aromatic N) is 2. The molecule has 0 N–H and O–H groups in total. The molecule has 2 nitrogen and oxygen atoms in total. The Kier molecular flexibility index (Phi) is 3.07. The number of aryl methyl sites for hydroxylation is 1. The van der Waals surface area contributed by atoms with Gasteiger partial charge in [-0.05, 0) is 36.4 Å². The fourth-order valence-corrected chi connectivity index (χ4v) is 2.64. The van der Waals surface area contributed by atoms with Gasteiger partial charge in [0.15, 0.2) is 0 Å². The highest BCUT2D eigenvalue weighted by molar-refractivity contribution is 9.10. The molecule has 0 saturated heterocycles. The molecule has 0 unspecified atom stereocenters. The first-order valence-corrected chi connectivity index (χ1v) is 6.81. The van der Waals surface area contributed by atoms with Crippen LogP contribution >= 0.6 is 27.5 Å². The van der Waals surface area contributed by atoms with Gasteiger partial charge in [-0.25, -0.2) is 9.37 Å². The topological polar surface area (TPSA) is 17.8 Å². The summed E-state index contributed by atoms with van der Waals surface area (Å²) in [5, 5.41) is 0.613. The molecule has 3 rings (SSSR count). The average molecular weight is 340 g/mol. The second kappa shape index (κ2) is 4.62. The van der Waals surface area contributed by atoms with Crippen LogP contribution in [0.25, 0.3) is 22.4 Å². The van der Waals surface area contributed by atoms with Crippen molar-refractivity contribution < 1.29 is 4.39 Å². The van der Waals surface area contributed by atoms with Crippen LogP contribution in [0.3, 0.4) is 0 Å². The third-order valence-electron chi connectivity index (χ3n) is 3.01. The van der Waals surface area contributed by atoms with Crippen molar-refractivity contribution in [2.45, 2.75) is 0 Å². The molecule has 2 aromatic carbocycles. The third kappa shape index (κ3) is 2.15. The van der Waals surface area contributed by atoms with Crippen LogP contribution in [0, 0.1) is 5.82 Å². The van der Waals surface area contributed by atoms with Crippen LogP contribution in [-0.4, -0.2) is 9.55 Å². The number of hydrogen-bond donors (Lipinski definition) is 0. The Morgan fingerprint density at radius 1 is 1.21 bits per heavy atom. The molecule has 1 heterocycles. The van der Waals surface area contributed by atoms with Crippen LogP contribution in [-0.2, 0) is 7.05 Å². The predicted molar refractivity (Wildman–Crippen MR) is 78.8 cm³/mol. The zero-order valence-corrected chi connectivity index (χ0v) is 12.3. The largest absolute Gasteiger partial charge is 0.327 e. The van der Waals surface area contributed by atoms with Crippen LogP contribution in [0.4, 0.5) is 4.39 Å². The first-order chi connectivity index (χ1) is 9.06. The molecule has 0 saturated carbocycles. The smallest absolute Gasteiger partial charge is 0.142 e. The number of rotatable bonds is 1. The fourth-order valence-electron chi connectivity index (χ4n) is 2.07. The van der Waals surface area contributed by atoms with E-state index in [1.807, 2.05) is 23.7 Å². The van der Waals surface area contributed by atoms with Crippen LogP contribution < -0.4 is 0 Å². The Bertz CT molecular complexity index is 782. The maximum Gasteiger partial charge on any atom is 0.142 e. The van der Waals surface area contributed by atoms with E-state index in [1.54, 1.807) is 12.1 Å². The fraction of sp³-hybridized carbons (Fsp3) is 0.0714. The van der Waals surface area contributed by atoms with E-state index in [-0.39, 0.29) is 5.82 Å². The van der Waals surface area contributed by atoms with E-state index in [0.717, 1.165) is 21.1 Å². The lowest BCUT2D eigenvalue weighted by molar-refractivity contribution is 0.629. The van der Waals surface area contributed by atoms with Crippen molar-refractivity contribution in [3.8, 4) is 11.4 Å². The lowest BCUT2D eigenvalue weighted by atomic mass is 10.2. The molecule has 0 bridgehead atoms. The van der Waals surface area contributed by atoms with Gasteiger partial charge in [0.05, 0.1) is 16.1 Å². The summed E-state index contributed by atoms with van der Waals surface area (Å²) >= 11 is 9.63. The van der Waals surface area contributed by atoms with Gasteiger partial charge in [-0.2, -0.15) is 0 Å². The monoisotopic (exact) mass is 338 g/mol. The quantitative estimate of drug-likeness (QED) is 0.623. The molecular weight excluding hydrogens is 331 g/mol. The second-order valence-electron chi connectivity index (χ2n) is 4.25. The van der Waals surface area contributed by atoms with Gasteiger partial charge in [-0.1, -0.05) is 27.5 Å². The number of aromatic nitrogens is 2. The lowest BCUT2D eigenvalue weighted by Crippen LogP contribution is -1.93. The molecular formula is C14H9BrClFN2. The molecule has 0 atom stereocenters. The van der Waals surface area contributed by atoms with Gasteiger partial charge in [0.25, 0.3) is 0 Å². The average Bonchev–Trinajstić information content (AvgIpc) is 2.70. The van der Waals surface area contributed by atoms with E-state index >= 15 is 0 Å². The Morgan fingerprint density at radius 2 is 2.00 bits per heavy atom. The van der Waals surface area contributed by atoms with Gasteiger partial charge in [-0.15, -0.1) is 0 Å². The molecule has 19 heavy (non-hydrogen) atoms. The van der Waals surface area contributed by atoms with Gasteiger partial charge in [0.2, 0.25) is 0 Å². The summed E-state index contributed by atoms with van der Waals surface area (Å²) < 4.78 is 16.1. The van der Waals surface area contributed by atoms with E-state index in [1.165, 1.54) is 12.1 Å². The Labute approximate surface area is 123 Å². The van der Waals surface area contributed by atoms with Crippen LogP contribution in [0.2, 0.25) is 5.02 Å². The lowest BCUT2D eigenvalue weighted by Gasteiger charge is -2.05. The molecule has 0 spiro atoms. The second-order valence-corrected chi connectivity index (χ2v) is 5.57. The summed E-state index contributed by atoms with van der Waals surface area (Å²) in [5.41, 5.74) is 2.30. The SMILES string of the molecule is Cn1c(-c2cc(Br)ccc2Cl)nc2ccc(F)cc21. The highest BCUT2D eigenvalue weighted by Gasteiger charge is 2.13. The van der Waals surface area contributed by atoms with Crippen LogP contribution in [0.5, 0.6) is 0 Å². The molecule has 0 radical (unpaired) electrons. The minimum absolute atomic E-state index is 0.276. The van der Waals surface area contributed by atoms with Crippen molar-refractivity contribution in [2.24, 2.45) is 7.05 Å². The van der Waals surface area contributed by atoms with Gasteiger partial charge in [0, 0.05) is 17.1 Å². The van der Waals surface area contributed by atoms with Crippen molar-refractivity contribution in [2.75, 3.05) is 0 Å². The molecule has 1 aromatic heterocycles. The van der Waals surface area contributed by atoms with E-state index in [2.05, 4.69) is 20.9 Å². The zero-order valence-electron chi connectivity index (χ0n) is 9.99. The molecule has 0 aliphatic carbocycles. The number of hydrogen-bond acceptors (Lipinski definition) is 1. The van der Waals surface area contributed by atoms with Crippen molar-refractivity contribution in [3.05, 3.63) is 51.7 Å². The summed E-state index contributed by atoms with van der Waals surface area (Å²) in [6, 6.07) is 10.1. The van der Waals surface area contributed by atoms with Gasteiger partial charge in [-0.3, -0.25) is 0 Å². The van der Waals surface area contributed by atoms with Crippen LogP contribution in [0.15, 0.2) is 40.9 Å². The van der Waals surface area contributed by atoms with Crippen molar-refractivity contribution in [1.82, 2.24) is 9.55 Å². The molecule has 0 aliphatic heterocycles. The number of imidazole rings is 1. The highest BCUT2D eigenvalue weighted by Crippen LogP contribution is 2.31. The Balaban J connectivity index is 2.31. The Hall–Kier alpha value is -1.39. The summed E-state index contributed by atoms with van der Waals surface area (Å²) in [5.74, 6) is 0.439. The van der Waals surface area contributed by atoms with Gasteiger partial charge < -0.3 is 4.57 Å². The maximum atomic E-state index is 13.3. The van der Waals surface area contributed by atoms with Crippen molar-refractivity contribution in [1.29, 1.82) is 0 Å². The minimum Gasteiger partial charge on any atom is -0.327 e. The molecule has 5 heteroatoms. The predicted octanol–water partition coefficient (Wildman–Crippen LogP) is 4.80. The normalized spacial score (nSPS) is 11.2. The van der Waals surface area contributed by atoms with Gasteiger partial charge in [0.1, 0.15) is 11.6 Å². The molecule has 0 fully saturated rings. The van der Waals surface area contributed by atoms with E-state index in [9.17, 15) is 4.39 Å². The molecule has 3 aromatic rings. The first kappa shape index (κ1) is 12.6. The highest BCUT2D eigenvalue weighted by atomic mass is 79.9. The summed E-state index contributed by atoms with van der Waals surface area (Å²) in [6.07, 6.45) is 0. The first-order valence-electron chi connectivity index (χ1n) is 5.63. The van der Waals surface area contributed by atoms with Crippen molar-refractivity contribution >= 4 is 38.6 Å². The van der Waals surface area contributed by atoms with Crippen LogP contribution in [0.1, 0.15) is 0 Å². The zero-order chi connectivity index (χ0) is 13.6. The third-order valence-corrected chi connectivity index (χ3v) is 3.84. The maximum absolute atomic E-state index is 13.3. The van der Waals surface area contributed by atoms with E-state index < -0.39 is 0 Å². The number of benzene rings is 2. The van der Waals surface area contributed by atoms with E-state index in [0.29, 0.717) is 10.8 Å². The van der Waals surface area contributed by atoms with E-state index in [4.69, 9.17) is 11.6 Å². The molecule has 0 aliphatic rings. The number of fused-ring (bicyclic) bond motifs is 1. The summed E-state index contributed by atoms with van der Waals surface area (Å²) in [6.45, 7) is 0. The Morgan fingerprint density at radius 3 is 2.79 bits per heavy atom. The standard InChI is InChI=1S/C14H9BrClFN2/c1-19-13-7-9(17)3-5-12(13)18-14(19)10-6-8(15)2-4-11(10)16/h2-7H,1H3. The number of halogens is 3. The summed E-state index contributed by atoms with van der Waals surface area (Å²) in [7, 11) is 1.85. The van der Waals surface area contributed by atoms with Gasteiger partial charge >= 0.3 is 0 Å². The summed E-state index contributed by atoms with van der Waals surface area (Å²) in [4.78, 5) is 4.52.